The maximum absolute atomic E-state index is 13.9. The zero-order valence-corrected chi connectivity index (χ0v) is 21.1. The highest BCUT2D eigenvalue weighted by atomic mass is 16.5. The first kappa shape index (κ1) is 24.2. The van der Waals surface area contributed by atoms with Crippen LogP contribution >= 0.6 is 0 Å². The second kappa shape index (κ2) is 8.40. The second-order valence-electron chi connectivity index (χ2n) is 12.1. The molecule has 184 valence electrons. The quantitative estimate of drug-likeness (QED) is 0.598. The van der Waals surface area contributed by atoms with Gasteiger partial charge in [0.2, 0.25) is 17.7 Å². The van der Waals surface area contributed by atoms with E-state index in [9.17, 15) is 14.4 Å². The Kier molecular flexibility index (Phi) is 6.17. The lowest BCUT2D eigenvalue weighted by Gasteiger charge is -2.35. The van der Waals surface area contributed by atoms with Crippen LogP contribution in [-0.4, -0.2) is 58.0 Å². The molecule has 5 atom stereocenters. The van der Waals surface area contributed by atoms with E-state index >= 15 is 0 Å². The molecule has 0 radical (unpaired) electrons. The van der Waals surface area contributed by atoms with Gasteiger partial charge in [0.25, 0.3) is 0 Å². The largest absolute Gasteiger partial charge is 0.356 e. The van der Waals surface area contributed by atoms with Gasteiger partial charge < -0.3 is 20.3 Å². The molecule has 3 fully saturated rings. The lowest BCUT2D eigenvalue weighted by molar-refractivity contribution is -0.145. The topological polar surface area (TPSA) is 87.7 Å². The number of rotatable bonds is 6. The summed E-state index contributed by atoms with van der Waals surface area (Å²) in [6.45, 7) is 12.4. The summed E-state index contributed by atoms with van der Waals surface area (Å²) in [5.41, 5.74) is -2.43. The summed E-state index contributed by atoms with van der Waals surface area (Å²) in [7, 11) is 0. The lowest BCUT2D eigenvalue weighted by atomic mass is 9.70. The normalized spacial score (nSPS) is 35.9. The summed E-state index contributed by atoms with van der Waals surface area (Å²) in [5.74, 6) is -1.40. The first-order chi connectivity index (χ1) is 15.4. The minimum absolute atomic E-state index is 0.116. The van der Waals surface area contributed by atoms with E-state index in [-0.39, 0.29) is 23.8 Å². The van der Waals surface area contributed by atoms with Crippen LogP contribution in [-0.2, 0) is 19.1 Å². The van der Waals surface area contributed by atoms with Crippen LogP contribution in [0.25, 0.3) is 0 Å². The summed E-state index contributed by atoms with van der Waals surface area (Å²) in [4.78, 5) is 42.7. The van der Waals surface area contributed by atoms with Gasteiger partial charge in [-0.05, 0) is 52.9 Å². The van der Waals surface area contributed by atoms with Crippen LogP contribution in [0.3, 0.4) is 0 Å². The van der Waals surface area contributed by atoms with Gasteiger partial charge in [-0.25, -0.2) is 0 Å². The molecule has 0 unspecified atom stereocenters. The van der Waals surface area contributed by atoms with Crippen molar-refractivity contribution in [2.45, 2.75) is 109 Å². The SMILES string of the molecule is CC(C)CCN1C(=O)[C@H]2[C@@H](C(=O)NC3CCCCC3)[C@@]3(C)C=C[C@@]2(O3)[C@H]1C(=O)NC(C)(C)C. The molecule has 7 nitrogen and oxygen atoms in total. The summed E-state index contributed by atoms with van der Waals surface area (Å²) in [6.07, 6.45) is 9.99. The van der Waals surface area contributed by atoms with E-state index in [1.54, 1.807) is 4.90 Å². The number of carbonyl (C=O) groups is 3. The third kappa shape index (κ3) is 4.22. The van der Waals surface area contributed by atoms with E-state index in [2.05, 4.69) is 24.5 Å². The van der Waals surface area contributed by atoms with Gasteiger partial charge in [-0.2, -0.15) is 0 Å². The first-order valence-corrected chi connectivity index (χ1v) is 12.7. The summed E-state index contributed by atoms with van der Waals surface area (Å²) in [5, 5.41) is 6.29. The van der Waals surface area contributed by atoms with Crippen LogP contribution in [0.15, 0.2) is 12.2 Å². The predicted molar refractivity (Wildman–Crippen MR) is 126 cm³/mol. The summed E-state index contributed by atoms with van der Waals surface area (Å²) < 4.78 is 6.55. The van der Waals surface area contributed by atoms with Gasteiger partial charge in [-0.1, -0.05) is 45.3 Å². The van der Waals surface area contributed by atoms with Gasteiger partial charge in [-0.15, -0.1) is 0 Å². The molecule has 0 aromatic rings. The van der Waals surface area contributed by atoms with Crippen molar-refractivity contribution in [2.75, 3.05) is 6.54 Å². The van der Waals surface area contributed by atoms with Gasteiger partial charge in [0.15, 0.2) is 0 Å². The van der Waals surface area contributed by atoms with Crippen LogP contribution in [0.5, 0.6) is 0 Å². The molecule has 2 N–H and O–H groups in total. The Morgan fingerprint density at radius 3 is 2.42 bits per heavy atom. The standard InChI is InChI=1S/C26H41N3O4/c1-16(2)12-15-29-20(22(31)28-24(3,4)5)26-14-13-25(6,33-26)18(19(26)23(29)32)21(30)27-17-10-8-7-9-11-17/h13-14,16-20H,7-12,15H2,1-6H3,(H,27,30)(H,28,31)/t18-,19+,20+,25+,26-/m0/s1. The molecule has 4 rings (SSSR count). The summed E-state index contributed by atoms with van der Waals surface area (Å²) >= 11 is 0. The van der Waals surface area contributed by atoms with Crippen molar-refractivity contribution >= 4 is 17.7 Å². The maximum Gasteiger partial charge on any atom is 0.246 e. The average molecular weight is 460 g/mol. The Labute approximate surface area is 198 Å². The van der Waals surface area contributed by atoms with E-state index in [1.807, 2.05) is 39.8 Å². The highest BCUT2D eigenvalue weighted by Crippen LogP contribution is 2.59. The molecule has 2 saturated heterocycles. The number of nitrogens with zero attached hydrogens (tertiary/aromatic N) is 1. The number of carbonyl (C=O) groups excluding carboxylic acids is 3. The van der Waals surface area contributed by atoms with Crippen LogP contribution in [0, 0.1) is 17.8 Å². The Hall–Kier alpha value is -1.89. The van der Waals surface area contributed by atoms with Crippen LogP contribution in [0.4, 0.5) is 0 Å². The minimum Gasteiger partial charge on any atom is -0.356 e. The smallest absolute Gasteiger partial charge is 0.246 e. The Morgan fingerprint density at radius 1 is 1.15 bits per heavy atom. The molecule has 1 saturated carbocycles. The maximum atomic E-state index is 13.9. The predicted octanol–water partition coefficient (Wildman–Crippen LogP) is 2.94. The van der Waals surface area contributed by atoms with E-state index in [1.165, 1.54) is 6.42 Å². The van der Waals surface area contributed by atoms with Crippen LogP contribution < -0.4 is 10.6 Å². The first-order valence-electron chi connectivity index (χ1n) is 12.7. The highest BCUT2D eigenvalue weighted by Gasteiger charge is 2.76. The molecule has 3 amide bonds. The molecule has 7 heteroatoms. The Bertz CT molecular complexity index is 841. The van der Waals surface area contributed by atoms with E-state index in [0.717, 1.165) is 32.1 Å². The zero-order valence-electron chi connectivity index (χ0n) is 21.1. The van der Waals surface area contributed by atoms with Gasteiger partial charge in [0, 0.05) is 18.1 Å². The van der Waals surface area contributed by atoms with Crippen molar-refractivity contribution in [1.82, 2.24) is 15.5 Å². The Balaban J connectivity index is 1.67. The molecule has 33 heavy (non-hydrogen) atoms. The number of ether oxygens (including phenoxy) is 1. The number of likely N-dealkylation sites (tertiary alicyclic amines) is 1. The number of hydrogen-bond donors (Lipinski definition) is 2. The summed E-state index contributed by atoms with van der Waals surface area (Å²) in [6, 6.07) is -0.624. The van der Waals surface area contributed by atoms with Crippen molar-refractivity contribution in [2.24, 2.45) is 17.8 Å². The van der Waals surface area contributed by atoms with Gasteiger partial charge in [0.1, 0.15) is 11.6 Å². The highest BCUT2D eigenvalue weighted by molar-refractivity contribution is 6.00. The molecular formula is C26H41N3O4. The molecule has 1 spiro atoms. The Morgan fingerprint density at radius 2 is 1.82 bits per heavy atom. The number of nitrogens with one attached hydrogen (secondary N) is 2. The molecule has 3 aliphatic heterocycles. The monoisotopic (exact) mass is 459 g/mol. The third-order valence-electron chi connectivity index (χ3n) is 7.72. The van der Waals surface area contributed by atoms with Crippen molar-refractivity contribution in [3.8, 4) is 0 Å². The molecule has 2 bridgehead atoms. The minimum atomic E-state index is -1.10. The van der Waals surface area contributed by atoms with Crippen molar-refractivity contribution in [1.29, 1.82) is 0 Å². The fourth-order valence-corrected chi connectivity index (χ4v) is 6.24. The number of fused-ring (bicyclic) bond motifs is 1. The van der Waals surface area contributed by atoms with Gasteiger partial charge >= 0.3 is 0 Å². The van der Waals surface area contributed by atoms with Gasteiger partial charge in [-0.3, -0.25) is 14.4 Å². The van der Waals surface area contributed by atoms with Crippen molar-refractivity contribution in [3.63, 3.8) is 0 Å². The fraction of sp³-hybridized carbons (Fsp3) is 0.808. The second-order valence-corrected chi connectivity index (χ2v) is 12.1. The van der Waals surface area contributed by atoms with Crippen LogP contribution in [0.1, 0.15) is 80.1 Å². The molecule has 3 heterocycles. The third-order valence-corrected chi connectivity index (χ3v) is 7.72. The van der Waals surface area contributed by atoms with E-state index < -0.39 is 34.6 Å². The van der Waals surface area contributed by atoms with E-state index in [0.29, 0.717) is 12.5 Å². The van der Waals surface area contributed by atoms with E-state index in [4.69, 9.17) is 4.74 Å². The zero-order chi connectivity index (χ0) is 24.2. The fourth-order valence-electron chi connectivity index (χ4n) is 6.24. The lowest BCUT2D eigenvalue weighted by Crippen LogP contribution is -2.58. The van der Waals surface area contributed by atoms with Crippen LogP contribution in [0.2, 0.25) is 0 Å². The molecule has 1 aliphatic carbocycles. The molecule has 4 aliphatic rings. The molecular weight excluding hydrogens is 418 g/mol. The molecule has 0 aromatic carbocycles. The van der Waals surface area contributed by atoms with Gasteiger partial charge in [0.05, 0.1) is 17.4 Å². The average Bonchev–Trinajstić information content (AvgIpc) is 3.26. The van der Waals surface area contributed by atoms with Crippen molar-refractivity contribution in [3.05, 3.63) is 12.2 Å². The molecule has 0 aromatic heterocycles. The number of hydrogen-bond acceptors (Lipinski definition) is 4. The van der Waals surface area contributed by atoms with Crippen molar-refractivity contribution < 1.29 is 19.1 Å². The number of amides is 3.